The molecule has 1 aromatic heterocycles. The molecule has 58 valence electrons. The molecule has 1 rings (SSSR count). The molecule has 0 fully saturated rings. The van der Waals surface area contributed by atoms with Gasteiger partial charge in [-0.25, -0.2) is 4.79 Å². The fourth-order valence-corrected chi connectivity index (χ4v) is 0.761. The molecular formula is C6H3ClO4. The lowest BCUT2D eigenvalue weighted by Gasteiger charge is -1.87. The quantitative estimate of drug-likeness (QED) is 0.688. The Balaban J connectivity index is 3.16. The van der Waals surface area contributed by atoms with Crippen LogP contribution >= 0.6 is 11.6 Å². The van der Waals surface area contributed by atoms with Crippen molar-refractivity contribution in [2.24, 2.45) is 0 Å². The predicted molar refractivity (Wildman–Crippen MR) is 35.9 cm³/mol. The van der Waals surface area contributed by atoms with Crippen molar-refractivity contribution in [1.82, 2.24) is 0 Å². The van der Waals surface area contributed by atoms with Crippen LogP contribution in [-0.2, 0) is 0 Å². The van der Waals surface area contributed by atoms with Crippen LogP contribution in [0.1, 0.15) is 20.7 Å². The Labute approximate surface area is 66.4 Å². The second-order valence-corrected chi connectivity index (χ2v) is 2.12. The number of carboxylic acid groups (broad SMARTS) is 1. The zero-order valence-corrected chi connectivity index (χ0v) is 5.96. The Hall–Kier alpha value is -1.29. The molecule has 1 aromatic rings. The van der Waals surface area contributed by atoms with Crippen LogP contribution in [0.25, 0.3) is 0 Å². The van der Waals surface area contributed by atoms with Gasteiger partial charge in [0.1, 0.15) is 18.1 Å². The van der Waals surface area contributed by atoms with Crippen molar-refractivity contribution in [1.29, 1.82) is 0 Å². The minimum Gasteiger partial charge on any atom is -0.478 e. The summed E-state index contributed by atoms with van der Waals surface area (Å²) < 4.78 is 4.48. The van der Waals surface area contributed by atoms with E-state index in [2.05, 4.69) is 4.42 Å². The Morgan fingerprint density at radius 1 is 1.36 bits per heavy atom. The Bertz CT molecular complexity index is 273. The summed E-state index contributed by atoms with van der Waals surface area (Å²) in [5.74, 6) is -1.23. The molecule has 11 heavy (non-hydrogen) atoms. The number of rotatable bonds is 2. The third kappa shape index (κ3) is 1.40. The molecule has 0 bridgehead atoms. The fraction of sp³-hybridized carbons (Fsp3) is 0. The van der Waals surface area contributed by atoms with E-state index < -0.39 is 11.2 Å². The highest BCUT2D eigenvalue weighted by molar-refractivity contribution is 6.68. The van der Waals surface area contributed by atoms with Crippen LogP contribution in [0.2, 0.25) is 0 Å². The van der Waals surface area contributed by atoms with E-state index in [4.69, 9.17) is 16.7 Å². The van der Waals surface area contributed by atoms with Gasteiger partial charge in [-0.1, -0.05) is 0 Å². The summed E-state index contributed by atoms with van der Waals surface area (Å²) in [6, 6.07) is 0. The number of carbonyl (C=O) groups is 2. The van der Waals surface area contributed by atoms with Gasteiger partial charge in [-0.05, 0) is 11.6 Å². The second-order valence-electron chi connectivity index (χ2n) is 1.78. The summed E-state index contributed by atoms with van der Waals surface area (Å²) in [6.45, 7) is 0. The molecule has 0 aromatic carbocycles. The first kappa shape index (κ1) is 7.81. The summed E-state index contributed by atoms with van der Waals surface area (Å²) in [7, 11) is 0. The molecule has 0 radical (unpaired) electrons. The van der Waals surface area contributed by atoms with Crippen molar-refractivity contribution >= 4 is 22.8 Å². The van der Waals surface area contributed by atoms with Crippen LogP contribution in [-0.4, -0.2) is 16.3 Å². The zero-order valence-electron chi connectivity index (χ0n) is 5.20. The maximum Gasteiger partial charge on any atom is 0.339 e. The number of hydrogen-bond acceptors (Lipinski definition) is 3. The van der Waals surface area contributed by atoms with Crippen molar-refractivity contribution in [3.8, 4) is 0 Å². The lowest BCUT2D eigenvalue weighted by atomic mass is 10.2. The molecule has 4 nitrogen and oxygen atoms in total. The molecule has 0 aliphatic rings. The molecular weight excluding hydrogens is 172 g/mol. The standard InChI is InChI=1S/C6H3ClO4/c7-5(8)3-1-11-2-4(3)6(9)10/h1-2H,(H,9,10). The van der Waals surface area contributed by atoms with Crippen molar-refractivity contribution in [3.63, 3.8) is 0 Å². The number of hydrogen-bond donors (Lipinski definition) is 1. The van der Waals surface area contributed by atoms with Crippen LogP contribution in [0.5, 0.6) is 0 Å². The third-order valence-corrected chi connectivity index (χ3v) is 1.31. The third-order valence-electron chi connectivity index (χ3n) is 1.10. The molecule has 5 heteroatoms. The number of furan rings is 1. The van der Waals surface area contributed by atoms with E-state index in [0.29, 0.717) is 0 Å². The van der Waals surface area contributed by atoms with Crippen LogP contribution in [0.4, 0.5) is 0 Å². The Morgan fingerprint density at radius 2 is 1.91 bits per heavy atom. The van der Waals surface area contributed by atoms with Gasteiger partial charge in [-0.15, -0.1) is 0 Å². The Morgan fingerprint density at radius 3 is 2.27 bits per heavy atom. The van der Waals surface area contributed by atoms with Gasteiger partial charge in [-0.3, -0.25) is 4.79 Å². The van der Waals surface area contributed by atoms with E-state index >= 15 is 0 Å². The molecule has 0 spiro atoms. The van der Waals surface area contributed by atoms with Gasteiger partial charge >= 0.3 is 5.97 Å². The van der Waals surface area contributed by atoms with Gasteiger partial charge < -0.3 is 9.52 Å². The summed E-state index contributed by atoms with van der Waals surface area (Å²) >= 11 is 5.03. The lowest BCUT2D eigenvalue weighted by molar-refractivity contribution is 0.0693. The van der Waals surface area contributed by atoms with Gasteiger partial charge in [0.2, 0.25) is 0 Å². The Kier molecular flexibility index (Phi) is 1.96. The van der Waals surface area contributed by atoms with Crippen LogP contribution < -0.4 is 0 Å². The molecule has 0 saturated carbocycles. The molecule has 0 atom stereocenters. The van der Waals surface area contributed by atoms with Crippen LogP contribution in [0, 0.1) is 0 Å². The number of aromatic carboxylic acids is 1. The van der Waals surface area contributed by atoms with Gasteiger partial charge in [-0.2, -0.15) is 0 Å². The first-order valence-electron chi connectivity index (χ1n) is 2.62. The monoisotopic (exact) mass is 174 g/mol. The van der Waals surface area contributed by atoms with Gasteiger partial charge in [0.15, 0.2) is 0 Å². The lowest BCUT2D eigenvalue weighted by Crippen LogP contribution is -2.00. The highest BCUT2D eigenvalue weighted by atomic mass is 35.5. The maximum atomic E-state index is 10.5. The number of halogens is 1. The number of carbonyl (C=O) groups excluding carboxylic acids is 1. The van der Waals surface area contributed by atoms with E-state index in [1.165, 1.54) is 0 Å². The van der Waals surface area contributed by atoms with E-state index in [0.717, 1.165) is 12.5 Å². The molecule has 0 unspecified atom stereocenters. The SMILES string of the molecule is O=C(O)c1cocc1C(=O)Cl. The van der Waals surface area contributed by atoms with Gasteiger partial charge in [0, 0.05) is 0 Å². The topological polar surface area (TPSA) is 67.5 Å². The van der Waals surface area contributed by atoms with Gasteiger partial charge in [0.25, 0.3) is 5.24 Å². The van der Waals surface area contributed by atoms with Crippen molar-refractivity contribution in [3.05, 3.63) is 23.7 Å². The second kappa shape index (κ2) is 2.75. The van der Waals surface area contributed by atoms with Crippen molar-refractivity contribution < 1.29 is 19.1 Å². The average Bonchev–Trinajstić information content (AvgIpc) is 2.32. The fourth-order valence-electron chi connectivity index (χ4n) is 0.615. The average molecular weight is 175 g/mol. The van der Waals surface area contributed by atoms with E-state index in [1.54, 1.807) is 0 Å². The first-order chi connectivity index (χ1) is 5.13. The van der Waals surface area contributed by atoms with Crippen LogP contribution in [0.15, 0.2) is 16.9 Å². The van der Waals surface area contributed by atoms with E-state index in [1.807, 2.05) is 0 Å². The highest BCUT2D eigenvalue weighted by Gasteiger charge is 2.16. The van der Waals surface area contributed by atoms with E-state index in [-0.39, 0.29) is 11.1 Å². The molecule has 1 N–H and O–H groups in total. The smallest absolute Gasteiger partial charge is 0.339 e. The van der Waals surface area contributed by atoms with Crippen molar-refractivity contribution in [2.45, 2.75) is 0 Å². The summed E-state index contributed by atoms with van der Waals surface area (Å²) in [4.78, 5) is 20.8. The minimum absolute atomic E-state index is 0.126. The molecule has 0 saturated heterocycles. The van der Waals surface area contributed by atoms with E-state index in [9.17, 15) is 9.59 Å². The van der Waals surface area contributed by atoms with Crippen molar-refractivity contribution in [2.75, 3.05) is 0 Å². The molecule has 0 amide bonds. The predicted octanol–water partition coefficient (Wildman–Crippen LogP) is 1.36. The zero-order chi connectivity index (χ0) is 8.43. The number of carboxylic acids is 1. The molecule has 0 aliphatic carbocycles. The maximum absolute atomic E-state index is 10.5. The minimum atomic E-state index is -1.23. The molecule has 0 aliphatic heterocycles. The van der Waals surface area contributed by atoms with Crippen LogP contribution in [0.3, 0.4) is 0 Å². The highest BCUT2D eigenvalue weighted by Crippen LogP contribution is 2.12. The van der Waals surface area contributed by atoms with Gasteiger partial charge in [0.05, 0.1) is 5.56 Å². The first-order valence-corrected chi connectivity index (χ1v) is 3.00. The normalized spacial score (nSPS) is 9.55. The summed E-state index contributed by atoms with van der Waals surface area (Å²) in [5.41, 5.74) is -0.343. The summed E-state index contributed by atoms with van der Waals surface area (Å²) in [6.07, 6.45) is 1.96. The largest absolute Gasteiger partial charge is 0.478 e. The molecule has 1 heterocycles. The summed E-state index contributed by atoms with van der Waals surface area (Å²) in [5, 5.41) is 7.60.